The third-order valence-corrected chi connectivity index (χ3v) is 8.67. The highest BCUT2D eigenvalue weighted by Crippen LogP contribution is 2.52. The second-order valence-electron chi connectivity index (χ2n) is 11.0. The molecule has 3 aliphatic rings. The Bertz CT molecular complexity index is 1550. The Morgan fingerprint density at radius 1 is 1.00 bits per heavy atom. The molecule has 6 rings (SSSR count). The van der Waals surface area contributed by atoms with Crippen LogP contribution in [0.5, 0.6) is 28.7 Å². The molecule has 0 fully saturated rings. The fourth-order valence-corrected chi connectivity index (χ4v) is 6.54. The highest BCUT2D eigenvalue weighted by atomic mass is 16.7. The first kappa shape index (κ1) is 29.6. The summed E-state index contributed by atoms with van der Waals surface area (Å²) in [5, 5.41) is 10.2. The summed E-state index contributed by atoms with van der Waals surface area (Å²) < 4.78 is 34.3. The smallest absolute Gasteiger partial charge is 0.224 e. The molecule has 11 nitrogen and oxygen atoms in total. The molecule has 3 N–H and O–H groups in total. The number of hydrogen-bond donors (Lipinski definition) is 2. The van der Waals surface area contributed by atoms with Crippen molar-refractivity contribution < 1.29 is 33.2 Å². The maximum absolute atomic E-state index is 14.2. The minimum absolute atomic E-state index is 0.107. The van der Waals surface area contributed by atoms with Gasteiger partial charge in [0.15, 0.2) is 18.3 Å². The average molecular weight is 603 g/mol. The van der Waals surface area contributed by atoms with Gasteiger partial charge in [-0.3, -0.25) is 9.80 Å². The highest BCUT2D eigenvalue weighted by Gasteiger charge is 2.49. The van der Waals surface area contributed by atoms with Crippen molar-refractivity contribution in [3.63, 3.8) is 0 Å². The topological polar surface area (TPSA) is 126 Å². The lowest BCUT2D eigenvalue weighted by Crippen LogP contribution is -2.46. The molecular weight excluding hydrogens is 564 g/mol. The summed E-state index contributed by atoms with van der Waals surface area (Å²) in [6.07, 6.45) is -0.160. The number of rotatable bonds is 9. The summed E-state index contributed by atoms with van der Waals surface area (Å²) in [5.74, 6) is 1.69. The molecule has 0 radical (unpaired) electrons. The molecule has 0 saturated heterocycles. The SMILES string of the molecule is COc1ccc(N2C[C@@H]3C(=N2)c2cc4c(cc2[C@@H](c2cc(OC)c(OC)c(OC)c2)[C@H]3C(=O)NCCN)OCOC4C)cc1. The zero-order valence-corrected chi connectivity index (χ0v) is 25.6. The molecule has 1 aliphatic carbocycles. The monoisotopic (exact) mass is 602 g/mol. The lowest BCUT2D eigenvalue weighted by Gasteiger charge is -2.39. The summed E-state index contributed by atoms with van der Waals surface area (Å²) in [6, 6.07) is 15.7. The van der Waals surface area contributed by atoms with Crippen molar-refractivity contribution in [3.05, 3.63) is 70.8 Å². The molecule has 1 unspecified atom stereocenters. The normalized spacial score (nSPS) is 21.7. The second kappa shape index (κ2) is 12.3. The minimum Gasteiger partial charge on any atom is -0.497 e. The van der Waals surface area contributed by atoms with Crippen LogP contribution >= 0.6 is 0 Å². The Morgan fingerprint density at radius 3 is 2.36 bits per heavy atom. The molecule has 4 atom stereocenters. The zero-order valence-electron chi connectivity index (χ0n) is 25.6. The molecule has 1 amide bonds. The predicted molar refractivity (Wildman–Crippen MR) is 165 cm³/mol. The number of hydrogen-bond acceptors (Lipinski definition) is 10. The fourth-order valence-electron chi connectivity index (χ4n) is 6.54. The number of amides is 1. The number of fused-ring (bicyclic) bond motifs is 4. The number of carbonyl (C=O) groups excluding carboxylic acids is 1. The van der Waals surface area contributed by atoms with E-state index in [2.05, 4.69) is 11.4 Å². The molecule has 0 bridgehead atoms. The molecule has 44 heavy (non-hydrogen) atoms. The van der Waals surface area contributed by atoms with Crippen LogP contribution in [0.3, 0.4) is 0 Å². The van der Waals surface area contributed by atoms with E-state index in [4.69, 9.17) is 39.3 Å². The van der Waals surface area contributed by atoms with Gasteiger partial charge in [0.2, 0.25) is 11.7 Å². The van der Waals surface area contributed by atoms with E-state index in [9.17, 15) is 4.79 Å². The molecular formula is C33H38N4O7. The summed E-state index contributed by atoms with van der Waals surface area (Å²) in [7, 11) is 6.38. The summed E-state index contributed by atoms with van der Waals surface area (Å²) in [4.78, 5) is 14.2. The van der Waals surface area contributed by atoms with Gasteiger partial charge in [0, 0.05) is 36.1 Å². The van der Waals surface area contributed by atoms with Gasteiger partial charge in [0.25, 0.3) is 0 Å². The Kier molecular flexibility index (Phi) is 8.24. The van der Waals surface area contributed by atoms with E-state index in [1.54, 1.807) is 28.4 Å². The molecule has 11 heteroatoms. The van der Waals surface area contributed by atoms with Gasteiger partial charge >= 0.3 is 0 Å². The third kappa shape index (κ3) is 5.05. The number of anilines is 1. The molecule has 0 spiro atoms. The van der Waals surface area contributed by atoms with E-state index < -0.39 is 11.8 Å². The summed E-state index contributed by atoms with van der Waals surface area (Å²) >= 11 is 0. The number of nitrogens with zero attached hydrogens (tertiary/aromatic N) is 2. The van der Waals surface area contributed by atoms with E-state index in [1.165, 1.54) is 0 Å². The first-order valence-corrected chi connectivity index (χ1v) is 14.6. The number of ether oxygens (including phenoxy) is 6. The van der Waals surface area contributed by atoms with Crippen molar-refractivity contribution in [3.8, 4) is 28.7 Å². The van der Waals surface area contributed by atoms with Crippen molar-refractivity contribution in [2.24, 2.45) is 22.7 Å². The molecule has 3 aromatic rings. The van der Waals surface area contributed by atoms with Gasteiger partial charge in [-0.15, -0.1) is 0 Å². The first-order valence-electron chi connectivity index (χ1n) is 14.6. The van der Waals surface area contributed by atoms with Gasteiger partial charge in [0.05, 0.1) is 58.4 Å². The van der Waals surface area contributed by atoms with E-state index in [0.29, 0.717) is 36.9 Å². The van der Waals surface area contributed by atoms with Crippen LogP contribution in [0.2, 0.25) is 0 Å². The van der Waals surface area contributed by atoms with Gasteiger partial charge in [-0.25, -0.2) is 0 Å². The molecule has 2 heterocycles. The molecule has 0 saturated carbocycles. The van der Waals surface area contributed by atoms with Crippen molar-refractivity contribution in [2.75, 3.05) is 59.9 Å². The van der Waals surface area contributed by atoms with Crippen LogP contribution in [0.1, 0.15) is 41.2 Å². The van der Waals surface area contributed by atoms with E-state index in [-0.39, 0.29) is 24.7 Å². The van der Waals surface area contributed by atoms with Crippen molar-refractivity contribution in [2.45, 2.75) is 18.9 Å². The van der Waals surface area contributed by atoms with E-state index in [0.717, 1.165) is 45.2 Å². The number of carbonyl (C=O) groups is 1. The van der Waals surface area contributed by atoms with Crippen LogP contribution in [0.25, 0.3) is 0 Å². The molecule has 232 valence electrons. The Morgan fingerprint density at radius 2 is 1.73 bits per heavy atom. The predicted octanol–water partition coefficient (Wildman–Crippen LogP) is 3.83. The number of nitrogens with two attached hydrogens (primary N) is 1. The Hall–Kier alpha value is -4.48. The van der Waals surface area contributed by atoms with Gasteiger partial charge in [-0.05, 0) is 66.6 Å². The maximum Gasteiger partial charge on any atom is 0.224 e. The lowest BCUT2D eigenvalue weighted by atomic mass is 9.65. The van der Waals surface area contributed by atoms with Crippen LogP contribution in [-0.4, -0.2) is 66.5 Å². The highest BCUT2D eigenvalue weighted by molar-refractivity contribution is 6.10. The number of benzene rings is 3. The largest absolute Gasteiger partial charge is 0.497 e. The average Bonchev–Trinajstić information content (AvgIpc) is 3.50. The van der Waals surface area contributed by atoms with Gasteiger partial charge in [0.1, 0.15) is 11.5 Å². The van der Waals surface area contributed by atoms with Gasteiger partial charge in [-0.2, -0.15) is 5.10 Å². The first-order chi connectivity index (χ1) is 21.4. The van der Waals surface area contributed by atoms with Gasteiger partial charge < -0.3 is 39.5 Å². The lowest BCUT2D eigenvalue weighted by molar-refractivity contribution is -0.126. The standard InChI is InChI=1S/C33H38N4O7/c1-18-22-14-24-23(15-26(22)44-17-43-18)29(19-12-27(40-3)32(42-5)28(13-19)41-4)30(33(38)35-11-10-34)25-16-37(36-31(24)25)20-6-8-21(39-2)9-7-20/h6-9,12-15,18,25,29-30H,10-11,16-17,34H2,1-5H3,(H,35,38)/t18?,25-,29+,30-/m0/s1. The van der Waals surface area contributed by atoms with Crippen LogP contribution in [0, 0.1) is 11.8 Å². The van der Waals surface area contributed by atoms with Crippen LogP contribution < -0.4 is 39.7 Å². The molecule has 0 aromatic heterocycles. The zero-order chi connectivity index (χ0) is 31.0. The maximum atomic E-state index is 14.2. The van der Waals surface area contributed by atoms with Crippen LogP contribution in [0.15, 0.2) is 53.6 Å². The molecule has 2 aliphatic heterocycles. The summed E-state index contributed by atoms with van der Waals surface area (Å²) in [6.45, 7) is 3.34. The Balaban J connectivity index is 1.57. The van der Waals surface area contributed by atoms with Crippen molar-refractivity contribution >= 4 is 17.3 Å². The fraction of sp³-hybridized carbons (Fsp3) is 0.394. The number of nitrogens with one attached hydrogen (secondary N) is 1. The van der Waals surface area contributed by atoms with Crippen molar-refractivity contribution in [1.29, 1.82) is 0 Å². The van der Waals surface area contributed by atoms with Gasteiger partial charge in [-0.1, -0.05) is 0 Å². The number of hydrazone groups is 1. The molecule has 3 aromatic carbocycles. The third-order valence-electron chi connectivity index (χ3n) is 8.67. The number of methoxy groups -OCH3 is 4. The second-order valence-corrected chi connectivity index (χ2v) is 11.0. The van der Waals surface area contributed by atoms with E-state index in [1.807, 2.05) is 54.4 Å². The Labute approximate surface area is 256 Å². The minimum atomic E-state index is -0.533. The van der Waals surface area contributed by atoms with Crippen LogP contribution in [0.4, 0.5) is 5.69 Å². The van der Waals surface area contributed by atoms with E-state index >= 15 is 0 Å². The van der Waals surface area contributed by atoms with Crippen LogP contribution in [-0.2, 0) is 9.53 Å². The quantitative estimate of drug-likeness (QED) is 0.376. The van der Waals surface area contributed by atoms with Crippen molar-refractivity contribution in [1.82, 2.24) is 5.32 Å². The summed E-state index contributed by atoms with van der Waals surface area (Å²) in [5.41, 5.74) is 11.2.